The molecule has 0 amide bonds. The van der Waals surface area contributed by atoms with Crippen LogP contribution in [0.3, 0.4) is 0 Å². The van der Waals surface area contributed by atoms with E-state index in [-0.39, 0.29) is 5.54 Å². The van der Waals surface area contributed by atoms with Crippen molar-refractivity contribution in [1.82, 2.24) is 0 Å². The second kappa shape index (κ2) is 7.50. The second-order valence-corrected chi connectivity index (χ2v) is 8.66. The number of ether oxygens (including phenoxy) is 1. The molecule has 2 aromatic carbocycles. The van der Waals surface area contributed by atoms with Gasteiger partial charge in [0.1, 0.15) is 5.84 Å². The lowest BCUT2D eigenvalue weighted by Gasteiger charge is -2.44. The fraction of sp³-hybridized carbons (Fsp3) is 0.316. The Labute approximate surface area is 174 Å². The summed E-state index contributed by atoms with van der Waals surface area (Å²) in [6.07, 6.45) is 1.74. The van der Waals surface area contributed by atoms with E-state index in [0.29, 0.717) is 19.8 Å². The van der Waals surface area contributed by atoms with Gasteiger partial charge < -0.3 is 15.4 Å². The van der Waals surface area contributed by atoms with Crippen LogP contribution < -0.4 is 10.6 Å². The molecular formula is C19H18Br2ClN3O. The van der Waals surface area contributed by atoms with E-state index in [1.54, 1.807) is 0 Å². The van der Waals surface area contributed by atoms with Gasteiger partial charge in [-0.05, 0) is 61.7 Å². The van der Waals surface area contributed by atoms with Gasteiger partial charge in [-0.2, -0.15) is 0 Å². The third-order valence-corrected chi connectivity index (χ3v) is 6.38. The minimum Gasteiger partial charge on any atom is -0.381 e. The third kappa shape index (κ3) is 3.52. The molecule has 0 aromatic heterocycles. The maximum Gasteiger partial charge on any atom is 0.127 e. The van der Waals surface area contributed by atoms with Crippen molar-refractivity contribution in [2.75, 3.05) is 23.8 Å². The highest BCUT2D eigenvalue weighted by Gasteiger charge is 2.42. The average molecular weight is 500 g/mol. The number of nitrogens with zero attached hydrogens (tertiary/aromatic N) is 1. The van der Waals surface area contributed by atoms with Crippen LogP contribution in [0, 0.1) is 0 Å². The van der Waals surface area contributed by atoms with E-state index >= 15 is 0 Å². The molecular weight excluding hydrogens is 481 g/mol. The Morgan fingerprint density at radius 1 is 1.08 bits per heavy atom. The fourth-order valence-corrected chi connectivity index (χ4v) is 4.48. The van der Waals surface area contributed by atoms with Gasteiger partial charge in [-0.25, -0.2) is 0 Å². The smallest absolute Gasteiger partial charge is 0.127 e. The number of hydrogen-bond donors (Lipinski definition) is 2. The van der Waals surface area contributed by atoms with Crippen LogP contribution in [-0.4, -0.2) is 24.6 Å². The predicted octanol–water partition coefficient (Wildman–Crippen LogP) is 5.85. The molecule has 7 heteroatoms. The van der Waals surface area contributed by atoms with Gasteiger partial charge in [-0.3, -0.25) is 4.99 Å². The third-order valence-electron chi connectivity index (χ3n) is 4.82. The number of halogens is 3. The first-order valence-electron chi connectivity index (χ1n) is 8.48. The highest BCUT2D eigenvalue weighted by molar-refractivity contribution is 9.11. The lowest BCUT2D eigenvalue weighted by Crippen LogP contribution is -2.55. The van der Waals surface area contributed by atoms with Crippen LogP contribution in [-0.2, 0) is 11.3 Å². The summed E-state index contributed by atoms with van der Waals surface area (Å²) in [7, 11) is 0. The number of rotatable bonds is 2. The van der Waals surface area contributed by atoms with E-state index in [0.717, 1.165) is 49.6 Å². The van der Waals surface area contributed by atoms with Crippen molar-refractivity contribution >= 4 is 60.7 Å². The minimum atomic E-state index is -0.243. The molecule has 0 radical (unpaired) electrons. The van der Waals surface area contributed by atoms with Gasteiger partial charge in [-0.15, -0.1) is 0 Å². The van der Waals surface area contributed by atoms with E-state index in [1.165, 1.54) is 0 Å². The van der Waals surface area contributed by atoms with Crippen LogP contribution >= 0.6 is 43.5 Å². The molecule has 136 valence electrons. The topological polar surface area (TPSA) is 45.7 Å². The molecule has 2 heterocycles. The molecule has 0 saturated carbocycles. The summed E-state index contributed by atoms with van der Waals surface area (Å²) < 4.78 is 7.64. The maximum atomic E-state index is 6.11. The summed E-state index contributed by atoms with van der Waals surface area (Å²) in [6.45, 7) is 2.01. The molecule has 26 heavy (non-hydrogen) atoms. The van der Waals surface area contributed by atoms with E-state index in [1.807, 2.05) is 36.4 Å². The number of amidine groups is 1. The largest absolute Gasteiger partial charge is 0.381 e. The van der Waals surface area contributed by atoms with Gasteiger partial charge >= 0.3 is 0 Å². The molecule has 0 unspecified atom stereocenters. The van der Waals surface area contributed by atoms with Crippen molar-refractivity contribution in [3.05, 3.63) is 55.9 Å². The number of nitrogens with one attached hydrogen (secondary N) is 2. The number of anilines is 2. The predicted molar refractivity (Wildman–Crippen MR) is 114 cm³/mol. The maximum absolute atomic E-state index is 6.11. The Morgan fingerprint density at radius 3 is 2.54 bits per heavy atom. The Hall–Kier alpha value is -1.08. The zero-order valence-corrected chi connectivity index (χ0v) is 17.9. The monoisotopic (exact) mass is 497 g/mol. The van der Waals surface area contributed by atoms with Crippen LogP contribution in [0.15, 0.2) is 50.3 Å². The van der Waals surface area contributed by atoms with Crippen molar-refractivity contribution in [3.63, 3.8) is 0 Å². The summed E-state index contributed by atoms with van der Waals surface area (Å²) in [5, 5.41) is 8.05. The molecule has 0 aliphatic carbocycles. The fourth-order valence-electron chi connectivity index (χ4n) is 3.41. The average Bonchev–Trinajstić information content (AvgIpc) is 2.64. The minimum absolute atomic E-state index is 0.243. The van der Waals surface area contributed by atoms with Crippen LogP contribution in [0.2, 0.25) is 5.02 Å². The normalized spacial score (nSPS) is 19.7. The van der Waals surface area contributed by atoms with Crippen molar-refractivity contribution < 1.29 is 4.74 Å². The Kier molecular flexibility index (Phi) is 5.28. The number of fused-ring (bicyclic) bond motifs is 1. The van der Waals surface area contributed by atoms with Crippen LogP contribution in [0.4, 0.5) is 11.4 Å². The number of aliphatic imine (C=N–C) groups is 1. The van der Waals surface area contributed by atoms with E-state index < -0.39 is 0 Å². The highest BCUT2D eigenvalue weighted by atomic mass is 79.9. The highest BCUT2D eigenvalue weighted by Crippen LogP contribution is 2.44. The van der Waals surface area contributed by atoms with Gasteiger partial charge in [0, 0.05) is 40.0 Å². The lowest BCUT2D eigenvalue weighted by atomic mass is 9.86. The molecule has 2 aliphatic rings. The van der Waals surface area contributed by atoms with Crippen LogP contribution in [0.5, 0.6) is 0 Å². The van der Waals surface area contributed by atoms with Crippen molar-refractivity contribution in [3.8, 4) is 0 Å². The molecule has 1 fully saturated rings. The molecule has 2 N–H and O–H groups in total. The van der Waals surface area contributed by atoms with Gasteiger partial charge in [0.25, 0.3) is 0 Å². The Balaban J connectivity index is 1.72. The number of benzene rings is 2. The molecule has 4 rings (SSSR count). The second-order valence-electron chi connectivity index (χ2n) is 6.52. The zero-order valence-electron chi connectivity index (χ0n) is 14.0. The molecule has 0 bridgehead atoms. The summed E-state index contributed by atoms with van der Waals surface area (Å²) in [6, 6.07) is 11.9. The summed E-state index contributed by atoms with van der Waals surface area (Å²) >= 11 is 13.4. The summed E-state index contributed by atoms with van der Waals surface area (Å²) in [5.41, 5.74) is 2.91. The van der Waals surface area contributed by atoms with E-state index in [4.69, 9.17) is 21.3 Å². The van der Waals surface area contributed by atoms with Gasteiger partial charge in [0.2, 0.25) is 0 Å². The van der Waals surface area contributed by atoms with Crippen molar-refractivity contribution in [1.29, 1.82) is 0 Å². The summed E-state index contributed by atoms with van der Waals surface area (Å²) in [4.78, 5) is 4.93. The van der Waals surface area contributed by atoms with Crippen LogP contribution in [0.25, 0.3) is 0 Å². The molecule has 0 atom stereocenters. The molecule has 1 saturated heterocycles. The first kappa shape index (κ1) is 18.3. The van der Waals surface area contributed by atoms with Gasteiger partial charge in [0.15, 0.2) is 0 Å². The van der Waals surface area contributed by atoms with Gasteiger partial charge in [-0.1, -0.05) is 23.7 Å². The molecule has 4 nitrogen and oxygen atoms in total. The first-order valence-corrected chi connectivity index (χ1v) is 10.4. The Morgan fingerprint density at radius 2 is 1.81 bits per heavy atom. The SMILES string of the molecule is Clc1cccc(CN=C2Nc3c(Br)ccc(Br)c3NC23CCOCC3)c1. The molecule has 2 aliphatic heterocycles. The van der Waals surface area contributed by atoms with Crippen molar-refractivity contribution in [2.45, 2.75) is 24.9 Å². The summed E-state index contributed by atoms with van der Waals surface area (Å²) in [5.74, 6) is 0.951. The molecule has 1 spiro atoms. The van der Waals surface area contributed by atoms with E-state index in [2.05, 4.69) is 42.5 Å². The van der Waals surface area contributed by atoms with E-state index in [9.17, 15) is 0 Å². The van der Waals surface area contributed by atoms with Gasteiger partial charge in [0.05, 0.1) is 23.5 Å². The standard InChI is InChI=1S/C19H18Br2ClN3O/c20-14-4-5-15(21)17-16(14)24-18(19(25-17)6-8-26-9-7-19)23-11-12-2-1-3-13(22)10-12/h1-5,10,25H,6-9,11H2,(H,23,24). The Bertz CT molecular complexity index is 866. The number of hydrogen-bond acceptors (Lipinski definition) is 3. The lowest BCUT2D eigenvalue weighted by molar-refractivity contribution is 0.0778. The quantitative estimate of drug-likeness (QED) is 0.545. The van der Waals surface area contributed by atoms with Crippen molar-refractivity contribution in [2.24, 2.45) is 4.99 Å². The van der Waals surface area contributed by atoms with Crippen LogP contribution in [0.1, 0.15) is 18.4 Å². The molecule has 2 aromatic rings. The zero-order chi connectivity index (χ0) is 18.1. The first-order chi connectivity index (χ1) is 12.6.